The summed E-state index contributed by atoms with van der Waals surface area (Å²) in [6, 6.07) is 7.68. The van der Waals surface area contributed by atoms with Crippen LogP contribution in [0.2, 0.25) is 0 Å². The average molecular weight is 330 g/mol. The minimum Gasteiger partial charge on any atom is -0.497 e. The summed E-state index contributed by atoms with van der Waals surface area (Å²) >= 11 is 0. The van der Waals surface area contributed by atoms with E-state index in [1.54, 1.807) is 14.2 Å². The first-order valence-corrected chi connectivity index (χ1v) is 8.15. The van der Waals surface area contributed by atoms with Crippen LogP contribution >= 0.6 is 0 Å². The van der Waals surface area contributed by atoms with Gasteiger partial charge in [0, 0.05) is 26.2 Å². The summed E-state index contributed by atoms with van der Waals surface area (Å²) in [7, 11) is 5.47. The number of aliphatic imine (C=N–C) groups is 1. The van der Waals surface area contributed by atoms with Crippen LogP contribution in [0, 0.1) is 0 Å². The predicted molar refractivity (Wildman–Crippen MR) is 96.1 cm³/mol. The first-order valence-electron chi connectivity index (χ1n) is 8.15. The molecule has 0 unspecified atom stereocenters. The van der Waals surface area contributed by atoms with Gasteiger partial charge < -0.3 is 15.0 Å². The van der Waals surface area contributed by atoms with Crippen LogP contribution in [0.1, 0.15) is 25.6 Å². The molecule has 0 saturated carbocycles. The highest BCUT2D eigenvalue weighted by molar-refractivity contribution is 5.79. The van der Waals surface area contributed by atoms with Crippen molar-refractivity contribution in [2.75, 3.05) is 27.7 Å². The van der Waals surface area contributed by atoms with Crippen LogP contribution in [0.5, 0.6) is 5.75 Å². The van der Waals surface area contributed by atoms with Crippen molar-refractivity contribution in [2.45, 2.75) is 26.3 Å². The molecule has 7 nitrogen and oxygen atoms in total. The molecule has 2 rings (SSSR count). The third kappa shape index (κ3) is 4.71. The number of nitrogens with one attached hydrogen (secondary N) is 2. The van der Waals surface area contributed by atoms with Gasteiger partial charge >= 0.3 is 0 Å². The molecule has 2 aromatic rings. The number of aromatic nitrogens is 3. The summed E-state index contributed by atoms with van der Waals surface area (Å²) in [4.78, 5) is 10.9. The quantitative estimate of drug-likeness (QED) is 0.601. The van der Waals surface area contributed by atoms with Crippen molar-refractivity contribution in [1.29, 1.82) is 0 Å². The van der Waals surface area contributed by atoms with E-state index in [1.165, 1.54) is 0 Å². The third-order valence-corrected chi connectivity index (χ3v) is 3.71. The first kappa shape index (κ1) is 17.8. The standard InChI is InChI=1S/C17H26N6O/c1-5-6-11-23(3)17(18-2)19-12-15-20-16(22-21-15)13-7-9-14(24-4)10-8-13/h7-10H,5-6,11-12H2,1-4H3,(H,18,19)(H,20,21,22). The van der Waals surface area contributed by atoms with Crippen molar-refractivity contribution < 1.29 is 4.74 Å². The second kappa shape index (κ2) is 8.90. The summed E-state index contributed by atoms with van der Waals surface area (Å²) in [6.45, 7) is 3.70. The molecular formula is C17H26N6O. The number of hydrogen-bond donors (Lipinski definition) is 2. The normalized spacial score (nSPS) is 11.4. The molecule has 7 heteroatoms. The van der Waals surface area contributed by atoms with E-state index < -0.39 is 0 Å². The largest absolute Gasteiger partial charge is 0.497 e. The summed E-state index contributed by atoms with van der Waals surface area (Å²) in [6.07, 6.45) is 2.30. The van der Waals surface area contributed by atoms with Gasteiger partial charge in [0.25, 0.3) is 0 Å². The maximum Gasteiger partial charge on any atom is 0.193 e. The fraction of sp³-hybridized carbons (Fsp3) is 0.471. The molecule has 0 spiro atoms. The van der Waals surface area contributed by atoms with Crippen LogP contribution in [-0.4, -0.2) is 53.8 Å². The highest BCUT2D eigenvalue weighted by Crippen LogP contribution is 2.18. The molecule has 0 aliphatic rings. The summed E-state index contributed by atoms with van der Waals surface area (Å²) in [5.74, 6) is 3.11. The number of hydrogen-bond acceptors (Lipinski definition) is 4. The molecule has 2 N–H and O–H groups in total. The SMILES string of the molecule is CCCCN(C)C(=NC)NCc1nc(-c2ccc(OC)cc2)n[nH]1. The van der Waals surface area contributed by atoms with Crippen LogP contribution < -0.4 is 10.1 Å². The van der Waals surface area contributed by atoms with Crippen molar-refractivity contribution in [3.8, 4) is 17.1 Å². The topological polar surface area (TPSA) is 78.4 Å². The zero-order valence-electron chi connectivity index (χ0n) is 14.8. The van der Waals surface area contributed by atoms with Crippen LogP contribution in [0.4, 0.5) is 0 Å². The number of nitrogens with zero attached hydrogens (tertiary/aromatic N) is 4. The number of aromatic amines is 1. The number of H-pyrrole nitrogens is 1. The Hall–Kier alpha value is -2.57. The van der Waals surface area contributed by atoms with Gasteiger partial charge in [-0.1, -0.05) is 13.3 Å². The van der Waals surface area contributed by atoms with Gasteiger partial charge in [-0.25, -0.2) is 4.98 Å². The minimum atomic E-state index is 0.548. The lowest BCUT2D eigenvalue weighted by Crippen LogP contribution is -2.39. The third-order valence-electron chi connectivity index (χ3n) is 3.71. The van der Waals surface area contributed by atoms with Crippen molar-refractivity contribution in [2.24, 2.45) is 4.99 Å². The Morgan fingerprint density at radius 3 is 2.71 bits per heavy atom. The highest BCUT2D eigenvalue weighted by atomic mass is 16.5. The van der Waals surface area contributed by atoms with Gasteiger partial charge in [-0.05, 0) is 30.7 Å². The van der Waals surface area contributed by atoms with Gasteiger partial charge in [0.05, 0.1) is 13.7 Å². The van der Waals surface area contributed by atoms with Crippen LogP contribution in [0.15, 0.2) is 29.3 Å². The average Bonchev–Trinajstić information content (AvgIpc) is 3.09. The predicted octanol–water partition coefficient (Wildman–Crippen LogP) is 2.29. The Kier molecular flexibility index (Phi) is 6.60. The molecule has 130 valence electrons. The van der Waals surface area contributed by atoms with Gasteiger partial charge in [-0.2, -0.15) is 5.10 Å². The fourth-order valence-corrected chi connectivity index (χ4v) is 2.29. The Bertz CT molecular complexity index is 649. The summed E-state index contributed by atoms with van der Waals surface area (Å²) < 4.78 is 5.16. The minimum absolute atomic E-state index is 0.548. The molecule has 1 aromatic heterocycles. The van der Waals surface area contributed by atoms with E-state index in [-0.39, 0.29) is 0 Å². The highest BCUT2D eigenvalue weighted by Gasteiger charge is 2.09. The smallest absolute Gasteiger partial charge is 0.193 e. The number of benzene rings is 1. The second-order valence-corrected chi connectivity index (χ2v) is 5.51. The zero-order chi connectivity index (χ0) is 17.4. The number of ether oxygens (including phenoxy) is 1. The van der Waals surface area contributed by atoms with E-state index in [0.717, 1.165) is 42.5 Å². The molecule has 0 amide bonds. The Labute approximate surface area is 143 Å². The molecule has 0 aliphatic heterocycles. The van der Waals surface area contributed by atoms with Crippen LogP contribution in [0.3, 0.4) is 0 Å². The molecule has 0 aliphatic carbocycles. The maximum atomic E-state index is 5.16. The van der Waals surface area contributed by atoms with Gasteiger partial charge in [-0.3, -0.25) is 10.1 Å². The Morgan fingerprint density at radius 2 is 2.08 bits per heavy atom. The van der Waals surface area contributed by atoms with E-state index in [4.69, 9.17) is 4.74 Å². The van der Waals surface area contributed by atoms with E-state index >= 15 is 0 Å². The molecule has 0 fully saturated rings. The summed E-state index contributed by atoms with van der Waals surface area (Å²) in [5.41, 5.74) is 0.947. The molecule has 0 radical (unpaired) electrons. The fourth-order valence-electron chi connectivity index (χ4n) is 2.29. The number of rotatable bonds is 7. The van der Waals surface area contributed by atoms with E-state index in [2.05, 4.69) is 37.3 Å². The summed E-state index contributed by atoms with van der Waals surface area (Å²) in [5, 5.41) is 10.5. The van der Waals surface area contributed by atoms with Gasteiger partial charge in [0.1, 0.15) is 11.6 Å². The molecule has 24 heavy (non-hydrogen) atoms. The molecular weight excluding hydrogens is 304 g/mol. The van der Waals surface area contributed by atoms with E-state index in [1.807, 2.05) is 31.3 Å². The Balaban J connectivity index is 1.95. The molecule has 0 atom stereocenters. The van der Waals surface area contributed by atoms with Crippen LogP contribution in [0.25, 0.3) is 11.4 Å². The van der Waals surface area contributed by atoms with Crippen LogP contribution in [-0.2, 0) is 6.54 Å². The molecule has 1 heterocycles. The lowest BCUT2D eigenvalue weighted by atomic mass is 10.2. The first-order chi connectivity index (χ1) is 11.7. The van der Waals surface area contributed by atoms with Gasteiger partial charge in [-0.15, -0.1) is 0 Å². The number of methoxy groups -OCH3 is 1. The number of unbranched alkanes of at least 4 members (excludes halogenated alkanes) is 1. The Morgan fingerprint density at radius 1 is 1.33 bits per heavy atom. The zero-order valence-corrected chi connectivity index (χ0v) is 14.8. The lowest BCUT2D eigenvalue weighted by Gasteiger charge is -2.21. The molecule has 0 saturated heterocycles. The molecule has 1 aromatic carbocycles. The lowest BCUT2D eigenvalue weighted by molar-refractivity contribution is 0.415. The van der Waals surface area contributed by atoms with Gasteiger partial charge in [0.2, 0.25) is 0 Å². The maximum absolute atomic E-state index is 5.16. The monoisotopic (exact) mass is 330 g/mol. The number of guanidine groups is 1. The van der Waals surface area contributed by atoms with E-state index in [9.17, 15) is 0 Å². The van der Waals surface area contributed by atoms with Gasteiger partial charge in [0.15, 0.2) is 11.8 Å². The van der Waals surface area contributed by atoms with Crippen molar-refractivity contribution >= 4 is 5.96 Å². The second-order valence-electron chi connectivity index (χ2n) is 5.51. The molecule has 0 bridgehead atoms. The van der Waals surface area contributed by atoms with E-state index in [0.29, 0.717) is 12.4 Å². The van der Waals surface area contributed by atoms with Crippen molar-refractivity contribution in [3.63, 3.8) is 0 Å². The van der Waals surface area contributed by atoms with Crippen molar-refractivity contribution in [1.82, 2.24) is 25.4 Å². The van der Waals surface area contributed by atoms with Crippen molar-refractivity contribution in [3.05, 3.63) is 30.1 Å².